The predicted molar refractivity (Wildman–Crippen MR) is 66.2 cm³/mol. The number of esters is 1. The van der Waals surface area contributed by atoms with E-state index in [2.05, 4.69) is 0 Å². The van der Waals surface area contributed by atoms with Gasteiger partial charge in [-0.2, -0.15) is 0 Å². The van der Waals surface area contributed by atoms with Crippen LogP contribution in [0.15, 0.2) is 30.3 Å². The monoisotopic (exact) mass is 248 g/mol. The highest BCUT2D eigenvalue weighted by Crippen LogP contribution is 2.15. The summed E-state index contributed by atoms with van der Waals surface area (Å²) in [5.74, 6) is -1.75. The molecule has 4 heteroatoms. The van der Waals surface area contributed by atoms with E-state index in [9.17, 15) is 14.4 Å². The van der Waals surface area contributed by atoms with Gasteiger partial charge in [-0.25, -0.2) is 0 Å². The van der Waals surface area contributed by atoms with Crippen molar-refractivity contribution >= 4 is 18.0 Å². The van der Waals surface area contributed by atoms with Gasteiger partial charge in [0.05, 0.1) is 6.61 Å². The number of carbonyl (C=O) groups is 3. The number of hydrogen-bond acceptors (Lipinski definition) is 4. The van der Waals surface area contributed by atoms with Gasteiger partial charge in [0.1, 0.15) is 12.2 Å². The van der Waals surface area contributed by atoms with Gasteiger partial charge >= 0.3 is 5.97 Å². The average Bonchev–Trinajstić information content (AvgIpc) is 2.40. The minimum Gasteiger partial charge on any atom is -0.465 e. The molecule has 0 bridgehead atoms. The Morgan fingerprint density at radius 2 is 1.94 bits per heavy atom. The summed E-state index contributed by atoms with van der Waals surface area (Å²) in [4.78, 5) is 34.2. The zero-order valence-electron chi connectivity index (χ0n) is 10.3. The van der Waals surface area contributed by atoms with Gasteiger partial charge in [0, 0.05) is 12.0 Å². The van der Waals surface area contributed by atoms with Crippen LogP contribution in [-0.4, -0.2) is 24.6 Å². The van der Waals surface area contributed by atoms with Crippen molar-refractivity contribution in [2.24, 2.45) is 5.92 Å². The van der Waals surface area contributed by atoms with Crippen LogP contribution in [0.3, 0.4) is 0 Å². The molecule has 1 aromatic rings. The molecule has 0 radical (unpaired) electrons. The van der Waals surface area contributed by atoms with Crippen LogP contribution < -0.4 is 0 Å². The molecule has 1 atom stereocenters. The maximum atomic E-state index is 12.2. The Bertz CT molecular complexity index is 411. The smallest absolute Gasteiger partial charge is 0.316 e. The van der Waals surface area contributed by atoms with E-state index in [0.717, 1.165) is 0 Å². The van der Waals surface area contributed by atoms with E-state index in [1.54, 1.807) is 37.3 Å². The van der Waals surface area contributed by atoms with E-state index in [-0.39, 0.29) is 25.2 Å². The van der Waals surface area contributed by atoms with Crippen LogP contribution >= 0.6 is 0 Å². The van der Waals surface area contributed by atoms with E-state index >= 15 is 0 Å². The van der Waals surface area contributed by atoms with Crippen LogP contribution in [0.25, 0.3) is 0 Å². The summed E-state index contributed by atoms with van der Waals surface area (Å²) in [7, 11) is 0. The Balaban J connectivity index is 2.85. The van der Waals surface area contributed by atoms with Gasteiger partial charge in [-0.05, 0) is 13.3 Å². The third-order valence-electron chi connectivity index (χ3n) is 2.52. The molecule has 0 unspecified atom stereocenters. The molecule has 18 heavy (non-hydrogen) atoms. The Morgan fingerprint density at radius 3 is 2.50 bits per heavy atom. The minimum absolute atomic E-state index is 0.169. The summed E-state index contributed by atoms with van der Waals surface area (Å²) in [5, 5.41) is 0. The van der Waals surface area contributed by atoms with Gasteiger partial charge < -0.3 is 9.53 Å². The average molecular weight is 248 g/mol. The number of aldehydes is 1. The van der Waals surface area contributed by atoms with Crippen molar-refractivity contribution in [2.45, 2.75) is 19.8 Å². The number of benzene rings is 1. The highest BCUT2D eigenvalue weighted by Gasteiger charge is 2.28. The van der Waals surface area contributed by atoms with Gasteiger partial charge in [0.25, 0.3) is 0 Å². The highest BCUT2D eigenvalue weighted by molar-refractivity contribution is 6.08. The fourth-order valence-corrected chi connectivity index (χ4v) is 1.64. The first-order chi connectivity index (χ1) is 8.70. The molecule has 0 aliphatic heterocycles. The summed E-state index contributed by atoms with van der Waals surface area (Å²) in [5.41, 5.74) is 0.460. The van der Waals surface area contributed by atoms with Crippen LogP contribution in [0, 0.1) is 5.92 Å². The molecule has 1 aromatic carbocycles. The Kier molecular flexibility index (Phi) is 5.77. The highest BCUT2D eigenvalue weighted by atomic mass is 16.5. The minimum atomic E-state index is -0.891. The molecular weight excluding hydrogens is 232 g/mol. The number of ketones is 1. The number of Topliss-reactive ketones (excluding diaryl/α,β-unsaturated/α-hetero) is 1. The lowest BCUT2D eigenvalue weighted by atomic mass is 9.93. The molecule has 0 N–H and O–H groups in total. The molecule has 0 aliphatic carbocycles. The lowest BCUT2D eigenvalue weighted by molar-refractivity contribution is -0.146. The molecule has 0 spiro atoms. The van der Waals surface area contributed by atoms with Crippen molar-refractivity contribution in [3.63, 3.8) is 0 Å². The van der Waals surface area contributed by atoms with E-state index in [1.165, 1.54) is 0 Å². The van der Waals surface area contributed by atoms with Crippen LogP contribution in [0.5, 0.6) is 0 Å². The maximum absolute atomic E-state index is 12.2. The van der Waals surface area contributed by atoms with E-state index in [4.69, 9.17) is 4.74 Å². The maximum Gasteiger partial charge on any atom is 0.316 e. The molecular formula is C14H16O4. The van der Waals surface area contributed by atoms with Crippen molar-refractivity contribution < 1.29 is 19.1 Å². The topological polar surface area (TPSA) is 60.4 Å². The second-order valence-corrected chi connectivity index (χ2v) is 3.78. The summed E-state index contributed by atoms with van der Waals surface area (Å²) in [6.07, 6.45) is 1.06. The van der Waals surface area contributed by atoms with E-state index in [1.807, 2.05) is 0 Å². The number of ether oxygens (including phenoxy) is 1. The summed E-state index contributed by atoms with van der Waals surface area (Å²) >= 11 is 0. The number of carbonyl (C=O) groups excluding carboxylic acids is 3. The Morgan fingerprint density at radius 1 is 1.28 bits per heavy atom. The Labute approximate surface area is 106 Å². The first-order valence-corrected chi connectivity index (χ1v) is 5.90. The summed E-state index contributed by atoms with van der Waals surface area (Å²) < 4.78 is 4.87. The van der Waals surface area contributed by atoms with Crippen molar-refractivity contribution in [3.8, 4) is 0 Å². The first-order valence-electron chi connectivity index (χ1n) is 5.90. The van der Waals surface area contributed by atoms with Crippen LogP contribution in [-0.2, 0) is 14.3 Å². The fourth-order valence-electron chi connectivity index (χ4n) is 1.64. The quantitative estimate of drug-likeness (QED) is 0.320. The normalized spacial score (nSPS) is 11.6. The fraction of sp³-hybridized carbons (Fsp3) is 0.357. The van der Waals surface area contributed by atoms with Crippen LogP contribution in [0.2, 0.25) is 0 Å². The Hall–Kier alpha value is -1.97. The van der Waals surface area contributed by atoms with Crippen molar-refractivity contribution in [2.75, 3.05) is 6.61 Å². The van der Waals surface area contributed by atoms with Crippen molar-refractivity contribution in [1.29, 1.82) is 0 Å². The third-order valence-corrected chi connectivity index (χ3v) is 2.52. The largest absolute Gasteiger partial charge is 0.465 e. The van der Waals surface area contributed by atoms with E-state index < -0.39 is 11.9 Å². The molecule has 0 amide bonds. The lowest BCUT2D eigenvalue weighted by Crippen LogP contribution is -2.26. The molecule has 4 nitrogen and oxygen atoms in total. The first kappa shape index (κ1) is 14.1. The van der Waals surface area contributed by atoms with Crippen molar-refractivity contribution in [1.82, 2.24) is 0 Å². The molecule has 96 valence electrons. The second-order valence-electron chi connectivity index (χ2n) is 3.78. The standard InChI is InChI=1S/C14H16O4/c1-2-18-14(17)12(9-6-10-15)13(16)11-7-4-3-5-8-11/h3-5,7-8,10,12H,2,6,9H2,1H3/t12-/m0/s1. The zero-order chi connectivity index (χ0) is 13.4. The second kappa shape index (κ2) is 7.37. The van der Waals surface area contributed by atoms with Gasteiger partial charge in [0.15, 0.2) is 5.78 Å². The lowest BCUT2D eigenvalue weighted by Gasteiger charge is -2.13. The van der Waals surface area contributed by atoms with Gasteiger partial charge in [-0.3, -0.25) is 9.59 Å². The molecule has 0 saturated heterocycles. The number of hydrogen-bond donors (Lipinski definition) is 0. The van der Waals surface area contributed by atoms with Crippen LogP contribution in [0.1, 0.15) is 30.1 Å². The van der Waals surface area contributed by atoms with Crippen molar-refractivity contribution in [3.05, 3.63) is 35.9 Å². The predicted octanol–water partition coefficient (Wildman–Crippen LogP) is 2.03. The molecule has 1 rings (SSSR count). The summed E-state index contributed by atoms with van der Waals surface area (Å²) in [6, 6.07) is 8.55. The number of rotatable bonds is 7. The zero-order valence-corrected chi connectivity index (χ0v) is 10.3. The van der Waals surface area contributed by atoms with Gasteiger partial charge in [-0.1, -0.05) is 30.3 Å². The molecule has 0 aromatic heterocycles. The molecule has 0 saturated carbocycles. The van der Waals surface area contributed by atoms with Gasteiger partial charge in [-0.15, -0.1) is 0 Å². The van der Waals surface area contributed by atoms with Gasteiger partial charge in [0.2, 0.25) is 0 Å². The molecule has 0 fully saturated rings. The molecule has 0 aliphatic rings. The van der Waals surface area contributed by atoms with Crippen LogP contribution in [0.4, 0.5) is 0 Å². The van der Waals surface area contributed by atoms with E-state index in [0.29, 0.717) is 11.8 Å². The molecule has 0 heterocycles. The SMILES string of the molecule is CCOC(=O)[C@@H](CCC=O)C(=O)c1ccccc1. The third kappa shape index (κ3) is 3.80. The summed E-state index contributed by atoms with van der Waals surface area (Å²) in [6.45, 7) is 1.90.